The van der Waals surface area contributed by atoms with Gasteiger partial charge in [-0.05, 0) is 30.3 Å². The van der Waals surface area contributed by atoms with Crippen molar-refractivity contribution >= 4 is 17.3 Å². The highest BCUT2D eigenvalue weighted by Crippen LogP contribution is 2.29. The van der Waals surface area contributed by atoms with Crippen molar-refractivity contribution < 1.29 is 17.9 Å². The summed E-state index contributed by atoms with van der Waals surface area (Å²) in [6.45, 7) is -0.118. The highest BCUT2D eigenvalue weighted by molar-refractivity contribution is 6.32. The Labute approximate surface area is 118 Å². The lowest BCUT2D eigenvalue weighted by Crippen LogP contribution is -2.10. The van der Waals surface area contributed by atoms with Crippen LogP contribution in [0.2, 0.25) is 5.02 Å². The predicted molar refractivity (Wildman–Crippen MR) is 69.4 cm³/mol. The number of benzene rings is 1. The molecular weight excluding hydrogens is 293 g/mol. The molecule has 7 heteroatoms. The highest BCUT2D eigenvalue weighted by atomic mass is 35.5. The SMILES string of the molecule is Nc1ccc(OCc2cccc(C(F)(F)F)n2)c(Cl)c1. The van der Waals surface area contributed by atoms with Gasteiger partial charge in [-0.25, -0.2) is 4.98 Å². The number of hydrogen-bond acceptors (Lipinski definition) is 3. The molecule has 2 rings (SSSR count). The van der Waals surface area contributed by atoms with Crippen LogP contribution in [-0.4, -0.2) is 4.98 Å². The first kappa shape index (κ1) is 14.5. The maximum Gasteiger partial charge on any atom is 0.433 e. The Morgan fingerprint density at radius 2 is 1.95 bits per heavy atom. The van der Waals surface area contributed by atoms with E-state index in [1.54, 1.807) is 12.1 Å². The lowest BCUT2D eigenvalue weighted by Gasteiger charge is -2.10. The summed E-state index contributed by atoms with van der Waals surface area (Å²) in [6.07, 6.45) is -4.48. The number of anilines is 1. The van der Waals surface area contributed by atoms with Crippen LogP contribution < -0.4 is 10.5 Å². The molecule has 1 heterocycles. The second-order valence-corrected chi connectivity index (χ2v) is 4.40. The predicted octanol–water partition coefficient (Wildman–Crippen LogP) is 3.92. The Balaban J connectivity index is 2.11. The summed E-state index contributed by atoms with van der Waals surface area (Å²) in [5.74, 6) is 0.333. The standard InChI is InChI=1S/C13H10ClF3N2O/c14-10-6-8(18)4-5-11(10)20-7-9-2-1-3-12(19-9)13(15,16)17/h1-6H,7,18H2. The van der Waals surface area contributed by atoms with Gasteiger partial charge in [0.25, 0.3) is 0 Å². The fourth-order valence-corrected chi connectivity index (χ4v) is 1.75. The lowest BCUT2D eigenvalue weighted by molar-refractivity contribution is -0.141. The van der Waals surface area contributed by atoms with E-state index in [-0.39, 0.29) is 17.3 Å². The molecule has 0 spiro atoms. The van der Waals surface area contributed by atoms with E-state index in [1.807, 2.05) is 0 Å². The maximum atomic E-state index is 12.5. The Kier molecular flexibility index (Phi) is 4.04. The van der Waals surface area contributed by atoms with E-state index in [0.29, 0.717) is 11.4 Å². The van der Waals surface area contributed by atoms with Gasteiger partial charge in [0.1, 0.15) is 18.1 Å². The summed E-state index contributed by atoms with van der Waals surface area (Å²) < 4.78 is 42.8. The van der Waals surface area contributed by atoms with Gasteiger partial charge in [-0.2, -0.15) is 13.2 Å². The molecule has 0 aliphatic carbocycles. The second kappa shape index (κ2) is 5.58. The van der Waals surface area contributed by atoms with Crippen molar-refractivity contribution in [1.82, 2.24) is 4.98 Å². The summed E-state index contributed by atoms with van der Waals surface area (Å²) in [5, 5.41) is 0.289. The Morgan fingerprint density at radius 3 is 2.60 bits per heavy atom. The third kappa shape index (κ3) is 3.54. The number of rotatable bonds is 3. The molecule has 0 radical (unpaired) electrons. The number of nitrogens with two attached hydrogens (primary N) is 1. The number of nitrogen functional groups attached to an aromatic ring is 1. The number of alkyl halides is 3. The van der Waals surface area contributed by atoms with Crippen LogP contribution in [0.5, 0.6) is 5.75 Å². The van der Waals surface area contributed by atoms with Crippen molar-refractivity contribution in [2.24, 2.45) is 0 Å². The van der Waals surface area contributed by atoms with Crippen LogP contribution in [0.3, 0.4) is 0 Å². The van der Waals surface area contributed by atoms with E-state index in [9.17, 15) is 13.2 Å². The zero-order chi connectivity index (χ0) is 14.8. The molecule has 0 unspecified atom stereocenters. The first-order chi connectivity index (χ1) is 9.36. The Hall–Kier alpha value is -1.95. The topological polar surface area (TPSA) is 48.1 Å². The summed E-state index contributed by atoms with van der Waals surface area (Å²) in [4.78, 5) is 3.49. The number of halogens is 4. The number of aromatic nitrogens is 1. The quantitative estimate of drug-likeness (QED) is 0.874. The number of pyridine rings is 1. The molecule has 0 fully saturated rings. The van der Waals surface area contributed by atoms with Crippen LogP contribution in [0, 0.1) is 0 Å². The molecule has 0 bridgehead atoms. The first-order valence-corrected chi connectivity index (χ1v) is 5.95. The van der Waals surface area contributed by atoms with E-state index < -0.39 is 11.9 Å². The average Bonchev–Trinajstić information content (AvgIpc) is 2.37. The van der Waals surface area contributed by atoms with E-state index in [1.165, 1.54) is 18.2 Å². The fraction of sp³-hybridized carbons (Fsp3) is 0.154. The summed E-state index contributed by atoms with van der Waals surface area (Å²) >= 11 is 5.89. The minimum atomic E-state index is -4.48. The van der Waals surface area contributed by atoms with Gasteiger partial charge in [0.15, 0.2) is 0 Å². The van der Waals surface area contributed by atoms with Gasteiger partial charge in [-0.15, -0.1) is 0 Å². The Bertz CT molecular complexity index is 617. The normalized spacial score (nSPS) is 11.4. The van der Waals surface area contributed by atoms with Gasteiger partial charge in [0, 0.05) is 5.69 Å². The fourth-order valence-electron chi connectivity index (χ4n) is 1.50. The molecule has 106 valence electrons. The second-order valence-electron chi connectivity index (χ2n) is 3.99. The van der Waals surface area contributed by atoms with E-state index in [0.717, 1.165) is 6.07 Å². The summed E-state index contributed by atoms with van der Waals surface area (Å²) in [6, 6.07) is 8.25. The minimum absolute atomic E-state index is 0.118. The molecule has 2 N–H and O–H groups in total. The van der Waals surface area contributed by atoms with Gasteiger partial charge in [-0.1, -0.05) is 17.7 Å². The molecule has 2 aromatic rings. The molecule has 3 nitrogen and oxygen atoms in total. The molecule has 20 heavy (non-hydrogen) atoms. The summed E-state index contributed by atoms with van der Waals surface area (Å²) in [7, 11) is 0. The van der Waals surface area contributed by atoms with Crippen LogP contribution in [0.4, 0.5) is 18.9 Å². The van der Waals surface area contributed by atoms with Crippen molar-refractivity contribution in [3.63, 3.8) is 0 Å². The largest absolute Gasteiger partial charge is 0.486 e. The monoisotopic (exact) mass is 302 g/mol. The van der Waals surface area contributed by atoms with Gasteiger partial charge >= 0.3 is 6.18 Å². The number of ether oxygens (including phenoxy) is 1. The molecular formula is C13H10ClF3N2O. The van der Waals surface area contributed by atoms with Crippen LogP contribution in [-0.2, 0) is 12.8 Å². The zero-order valence-corrected chi connectivity index (χ0v) is 10.9. The van der Waals surface area contributed by atoms with Gasteiger partial charge in [0.05, 0.1) is 10.7 Å². The molecule has 0 saturated heterocycles. The van der Waals surface area contributed by atoms with Gasteiger partial charge in [-0.3, -0.25) is 0 Å². The van der Waals surface area contributed by atoms with Gasteiger partial charge < -0.3 is 10.5 Å². The van der Waals surface area contributed by atoms with E-state index >= 15 is 0 Å². The first-order valence-electron chi connectivity index (χ1n) is 5.57. The minimum Gasteiger partial charge on any atom is -0.486 e. The molecule has 0 amide bonds. The van der Waals surface area contributed by atoms with Crippen LogP contribution in [0.1, 0.15) is 11.4 Å². The lowest BCUT2D eigenvalue weighted by atomic mass is 10.3. The maximum absolute atomic E-state index is 12.5. The van der Waals surface area contributed by atoms with Crippen molar-refractivity contribution in [1.29, 1.82) is 0 Å². The molecule has 1 aromatic heterocycles. The van der Waals surface area contributed by atoms with Crippen molar-refractivity contribution in [3.8, 4) is 5.75 Å². The highest BCUT2D eigenvalue weighted by Gasteiger charge is 2.32. The smallest absolute Gasteiger partial charge is 0.433 e. The van der Waals surface area contributed by atoms with E-state index in [2.05, 4.69) is 4.98 Å². The van der Waals surface area contributed by atoms with Crippen molar-refractivity contribution in [3.05, 3.63) is 52.8 Å². The number of hydrogen-bond donors (Lipinski definition) is 1. The van der Waals surface area contributed by atoms with Crippen LogP contribution in [0.25, 0.3) is 0 Å². The van der Waals surface area contributed by atoms with Crippen molar-refractivity contribution in [2.75, 3.05) is 5.73 Å². The molecule has 0 saturated carbocycles. The van der Waals surface area contributed by atoms with Gasteiger partial charge in [0.2, 0.25) is 0 Å². The Morgan fingerprint density at radius 1 is 1.20 bits per heavy atom. The third-order valence-corrected chi connectivity index (χ3v) is 2.72. The average molecular weight is 303 g/mol. The molecule has 0 atom stereocenters. The molecule has 0 aliphatic heterocycles. The van der Waals surface area contributed by atoms with Crippen molar-refractivity contribution in [2.45, 2.75) is 12.8 Å². The molecule has 0 aliphatic rings. The third-order valence-electron chi connectivity index (χ3n) is 2.43. The summed E-state index contributed by atoms with van der Waals surface area (Å²) in [5.41, 5.74) is 5.20. The molecule has 1 aromatic carbocycles. The van der Waals surface area contributed by atoms with Crippen LogP contribution in [0.15, 0.2) is 36.4 Å². The zero-order valence-electron chi connectivity index (χ0n) is 10.1. The van der Waals surface area contributed by atoms with E-state index in [4.69, 9.17) is 22.1 Å². The van der Waals surface area contributed by atoms with Crippen LogP contribution >= 0.6 is 11.6 Å². The number of nitrogens with zero attached hydrogens (tertiary/aromatic N) is 1.